The molecule has 1 rings (SSSR count). The van der Waals surface area contributed by atoms with Crippen LogP contribution in [-0.2, 0) is 22.3 Å². The fourth-order valence-corrected chi connectivity index (χ4v) is 2.49. The second-order valence-corrected chi connectivity index (χ2v) is 10.4. The molecule has 8 heteroatoms. The Labute approximate surface area is 121 Å². The summed E-state index contributed by atoms with van der Waals surface area (Å²) in [5.74, 6) is -0.753. The van der Waals surface area contributed by atoms with Crippen LogP contribution >= 0.6 is 0 Å². The van der Waals surface area contributed by atoms with E-state index in [1.807, 2.05) is 0 Å². The zero-order valence-corrected chi connectivity index (χ0v) is 12.9. The molecular formula is C13H15F3N2O2Si. The van der Waals surface area contributed by atoms with Crippen molar-refractivity contribution in [2.75, 3.05) is 0 Å². The van der Waals surface area contributed by atoms with Gasteiger partial charge < -0.3 is 10.3 Å². The number of hydrogen-bond acceptors (Lipinski definition) is 2. The largest absolute Gasteiger partial charge is 0.453 e. The van der Waals surface area contributed by atoms with Gasteiger partial charge in [-0.05, 0) is 17.7 Å². The van der Waals surface area contributed by atoms with Gasteiger partial charge in [0.15, 0.2) is 8.07 Å². The Balaban J connectivity index is 2.72. The second kappa shape index (κ2) is 6.24. The number of carbonyl (C=O) groups is 1. The van der Waals surface area contributed by atoms with E-state index in [-0.39, 0.29) is 11.9 Å². The molecule has 0 aromatic heterocycles. The third-order valence-corrected chi connectivity index (χ3v) is 4.38. The van der Waals surface area contributed by atoms with Crippen LogP contribution in [0.15, 0.2) is 24.3 Å². The van der Waals surface area contributed by atoms with Gasteiger partial charge in [0.25, 0.3) is 0 Å². The minimum Gasteiger partial charge on any atom is -0.453 e. The first-order valence-corrected chi connectivity index (χ1v) is 9.61. The summed E-state index contributed by atoms with van der Waals surface area (Å²) in [7, 11) is -2.15. The number of hydrogen-bond donors (Lipinski definition) is 0. The van der Waals surface area contributed by atoms with E-state index in [9.17, 15) is 18.0 Å². The number of ether oxygens (including phenoxy) is 1. The zero-order chi connectivity index (χ0) is 16.3. The Morgan fingerprint density at radius 3 is 2.14 bits per heavy atom. The second-order valence-electron chi connectivity index (χ2n) is 5.47. The Morgan fingerprint density at radius 1 is 1.24 bits per heavy atom. The van der Waals surface area contributed by atoms with Gasteiger partial charge in [-0.2, -0.15) is 18.0 Å². The summed E-state index contributed by atoms with van der Waals surface area (Å²) < 4.78 is 42.1. The van der Waals surface area contributed by atoms with Crippen molar-refractivity contribution in [3.8, 4) is 0 Å². The van der Waals surface area contributed by atoms with E-state index in [0.29, 0.717) is 5.56 Å². The average molecular weight is 316 g/mol. The molecule has 0 spiro atoms. The first-order chi connectivity index (χ1) is 9.55. The normalized spacial score (nSPS) is 11.7. The molecule has 0 saturated carbocycles. The SMILES string of the molecule is C[Si](C)(C)C(=[N+]=[N-])C(=O)OCc1ccc(C(F)(F)F)cc1. The lowest BCUT2D eigenvalue weighted by Gasteiger charge is -2.10. The number of esters is 1. The summed E-state index contributed by atoms with van der Waals surface area (Å²) in [6.45, 7) is 5.24. The van der Waals surface area contributed by atoms with Crippen LogP contribution in [0.1, 0.15) is 11.1 Å². The molecule has 0 heterocycles. The van der Waals surface area contributed by atoms with E-state index in [0.717, 1.165) is 12.1 Å². The van der Waals surface area contributed by atoms with Gasteiger partial charge in [-0.1, -0.05) is 31.8 Å². The Hall–Kier alpha value is -1.92. The molecule has 0 atom stereocenters. The van der Waals surface area contributed by atoms with Crippen molar-refractivity contribution in [2.24, 2.45) is 0 Å². The summed E-state index contributed by atoms with van der Waals surface area (Å²) >= 11 is 0. The Morgan fingerprint density at radius 2 is 1.76 bits per heavy atom. The van der Waals surface area contributed by atoms with E-state index in [4.69, 9.17) is 10.3 Å². The molecule has 0 amide bonds. The fourth-order valence-electron chi connectivity index (χ4n) is 1.50. The minimum atomic E-state index is -4.40. The molecule has 0 aliphatic carbocycles. The minimum absolute atomic E-state index is 0.0191. The van der Waals surface area contributed by atoms with Crippen LogP contribution in [0.2, 0.25) is 19.6 Å². The van der Waals surface area contributed by atoms with E-state index in [1.165, 1.54) is 12.1 Å². The molecule has 0 bridgehead atoms. The van der Waals surface area contributed by atoms with Crippen molar-refractivity contribution in [1.29, 1.82) is 0 Å². The maximum atomic E-state index is 12.4. The molecule has 0 fully saturated rings. The highest BCUT2D eigenvalue weighted by atomic mass is 28.3. The van der Waals surface area contributed by atoms with Gasteiger partial charge in [-0.15, -0.1) is 0 Å². The van der Waals surface area contributed by atoms with Gasteiger partial charge in [0, 0.05) is 0 Å². The molecule has 1 aromatic rings. The predicted molar refractivity (Wildman–Crippen MR) is 73.2 cm³/mol. The molecular weight excluding hydrogens is 301 g/mol. The van der Waals surface area contributed by atoms with E-state index >= 15 is 0 Å². The van der Waals surface area contributed by atoms with Crippen LogP contribution in [0.25, 0.3) is 5.53 Å². The van der Waals surface area contributed by atoms with Gasteiger partial charge in [-0.25, -0.2) is 4.79 Å². The molecule has 0 aliphatic heterocycles. The van der Waals surface area contributed by atoms with Gasteiger partial charge >= 0.3 is 17.5 Å². The van der Waals surface area contributed by atoms with Crippen LogP contribution < -0.4 is 0 Å². The maximum absolute atomic E-state index is 12.4. The van der Waals surface area contributed by atoms with Crippen molar-refractivity contribution in [3.63, 3.8) is 0 Å². The van der Waals surface area contributed by atoms with Crippen molar-refractivity contribution < 1.29 is 27.5 Å². The Bertz CT molecular complexity index is 571. The highest BCUT2D eigenvalue weighted by molar-refractivity contribution is 7.11. The van der Waals surface area contributed by atoms with Crippen LogP contribution in [0.4, 0.5) is 13.2 Å². The van der Waals surface area contributed by atoms with Crippen LogP contribution in [-0.4, -0.2) is 24.2 Å². The predicted octanol–water partition coefficient (Wildman–Crippen LogP) is 3.30. The van der Waals surface area contributed by atoms with E-state index in [2.05, 4.69) is 4.79 Å². The number of carbonyl (C=O) groups excluding carboxylic acids is 1. The summed E-state index contributed by atoms with van der Waals surface area (Å²) in [5, 5.41) is -0.0191. The van der Waals surface area contributed by atoms with Crippen LogP contribution in [0, 0.1) is 0 Å². The molecule has 0 saturated heterocycles. The van der Waals surface area contributed by atoms with Crippen LogP contribution in [0.3, 0.4) is 0 Å². The fraction of sp³-hybridized carbons (Fsp3) is 0.385. The van der Waals surface area contributed by atoms with Gasteiger partial charge in [0.05, 0.1) is 5.56 Å². The monoisotopic (exact) mass is 316 g/mol. The van der Waals surface area contributed by atoms with Crippen molar-refractivity contribution in [1.82, 2.24) is 0 Å². The molecule has 4 nitrogen and oxygen atoms in total. The standard InChI is InChI=1S/C13H15F3N2O2Si/c1-21(2,3)11(18-17)12(19)20-8-9-4-6-10(7-5-9)13(14,15)16/h4-7H,8H2,1-3H3. The van der Waals surface area contributed by atoms with Crippen molar-refractivity contribution in [2.45, 2.75) is 32.4 Å². The first-order valence-electron chi connectivity index (χ1n) is 6.11. The average Bonchev–Trinajstić information content (AvgIpc) is 2.35. The molecule has 0 radical (unpaired) electrons. The number of halogens is 3. The summed E-state index contributed by atoms with van der Waals surface area (Å²) in [5.41, 5.74) is 8.51. The smallest absolute Gasteiger partial charge is 0.416 e. The van der Waals surface area contributed by atoms with Crippen molar-refractivity contribution >= 4 is 19.4 Å². The third-order valence-electron chi connectivity index (χ3n) is 2.65. The molecule has 0 unspecified atom stereocenters. The first kappa shape index (κ1) is 17.1. The van der Waals surface area contributed by atoms with Gasteiger partial charge in [0.1, 0.15) is 6.61 Å². The van der Waals surface area contributed by atoms with Crippen molar-refractivity contribution in [3.05, 3.63) is 40.9 Å². The molecule has 114 valence electrons. The highest BCUT2D eigenvalue weighted by Gasteiger charge is 2.38. The van der Waals surface area contributed by atoms with Gasteiger partial charge in [0.2, 0.25) is 0 Å². The number of alkyl halides is 3. The topological polar surface area (TPSA) is 62.7 Å². The van der Waals surface area contributed by atoms with Crippen LogP contribution in [0.5, 0.6) is 0 Å². The number of nitrogens with zero attached hydrogens (tertiary/aromatic N) is 2. The number of rotatable bonds is 4. The van der Waals surface area contributed by atoms with Gasteiger partial charge in [-0.3, -0.25) is 0 Å². The van der Waals surface area contributed by atoms with E-state index < -0.39 is 25.8 Å². The Kier molecular flexibility index (Phi) is 5.09. The summed E-state index contributed by atoms with van der Waals surface area (Å²) in [4.78, 5) is 14.7. The van der Waals surface area contributed by atoms with E-state index in [1.54, 1.807) is 19.6 Å². The molecule has 21 heavy (non-hydrogen) atoms. The summed E-state index contributed by atoms with van der Waals surface area (Å²) in [6, 6.07) is 4.31. The lowest BCUT2D eigenvalue weighted by atomic mass is 10.1. The zero-order valence-electron chi connectivity index (χ0n) is 11.9. The maximum Gasteiger partial charge on any atom is 0.416 e. The molecule has 1 aromatic carbocycles. The lowest BCUT2D eigenvalue weighted by molar-refractivity contribution is -0.141. The molecule has 0 N–H and O–H groups in total. The molecule has 0 aliphatic rings. The quantitative estimate of drug-likeness (QED) is 0.281. The number of benzene rings is 1. The lowest BCUT2D eigenvalue weighted by Crippen LogP contribution is -2.41. The summed E-state index contributed by atoms with van der Waals surface area (Å²) in [6.07, 6.45) is -4.40. The highest BCUT2D eigenvalue weighted by Crippen LogP contribution is 2.29. The third kappa shape index (κ3) is 4.84.